The van der Waals surface area contributed by atoms with Gasteiger partial charge in [-0.2, -0.15) is 13.2 Å². The lowest BCUT2D eigenvalue weighted by molar-refractivity contribution is -0.137. The van der Waals surface area contributed by atoms with Crippen molar-refractivity contribution in [2.24, 2.45) is 13.0 Å². The molecule has 1 aromatic heterocycles. The molecular weight excluding hydrogens is 323 g/mol. The zero-order valence-electron chi connectivity index (χ0n) is 13.4. The molecule has 2 rings (SSSR count). The summed E-state index contributed by atoms with van der Waals surface area (Å²) < 4.78 is 38.9. The quantitative estimate of drug-likeness (QED) is 0.899. The maximum Gasteiger partial charge on any atom is 0.416 e. The fourth-order valence-corrected chi connectivity index (χ4v) is 2.32. The summed E-state index contributed by atoms with van der Waals surface area (Å²) in [7, 11) is 1.35. The molecule has 130 valence electrons. The summed E-state index contributed by atoms with van der Waals surface area (Å²) in [6.07, 6.45) is -4.39. The smallest absolute Gasteiger partial charge is 0.364 e. The number of halogens is 3. The van der Waals surface area contributed by atoms with Gasteiger partial charge in [0.25, 0.3) is 5.56 Å². The van der Waals surface area contributed by atoms with Crippen LogP contribution in [0, 0.1) is 5.92 Å². The van der Waals surface area contributed by atoms with E-state index in [0.29, 0.717) is 5.56 Å². The van der Waals surface area contributed by atoms with E-state index >= 15 is 0 Å². The standard InChI is InChI=1S/C16H18F3N3O2/c1-9(2)14(10-4-6-11(7-5-10)16(17,18)19)20-12-8-13(23)22(3)15(24)21-12/h4-9,14,20H,1-3H3,(H,21,24). The number of aromatic nitrogens is 2. The molecule has 1 heterocycles. The molecule has 0 aliphatic heterocycles. The van der Waals surface area contributed by atoms with Gasteiger partial charge in [-0.25, -0.2) is 4.79 Å². The van der Waals surface area contributed by atoms with E-state index in [2.05, 4.69) is 10.3 Å². The second kappa shape index (κ2) is 6.54. The third kappa shape index (κ3) is 3.87. The highest BCUT2D eigenvalue weighted by molar-refractivity contribution is 5.38. The second-order valence-corrected chi connectivity index (χ2v) is 5.87. The van der Waals surface area contributed by atoms with Gasteiger partial charge in [0.05, 0.1) is 11.6 Å². The Morgan fingerprint density at radius 3 is 2.17 bits per heavy atom. The first-order valence-electron chi connectivity index (χ1n) is 7.33. The number of nitrogens with one attached hydrogen (secondary N) is 2. The molecule has 0 saturated carbocycles. The van der Waals surface area contributed by atoms with Gasteiger partial charge in [-0.1, -0.05) is 26.0 Å². The first-order valence-corrected chi connectivity index (χ1v) is 7.33. The van der Waals surface area contributed by atoms with E-state index in [0.717, 1.165) is 16.7 Å². The molecule has 0 spiro atoms. The van der Waals surface area contributed by atoms with E-state index in [9.17, 15) is 22.8 Å². The first-order chi connectivity index (χ1) is 11.1. The van der Waals surface area contributed by atoms with E-state index in [-0.39, 0.29) is 17.8 Å². The average molecular weight is 341 g/mol. The predicted octanol–water partition coefficient (Wildman–Crippen LogP) is 2.90. The van der Waals surface area contributed by atoms with Gasteiger partial charge in [-0.15, -0.1) is 0 Å². The van der Waals surface area contributed by atoms with Gasteiger partial charge in [0.2, 0.25) is 0 Å². The number of alkyl halides is 3. The van der Waals surface area contributed by atoms with Crippen molar-refractivity contribution in [2.45, 2.75) is 26.1 Å². The van der Waals surface area contributed by atoms with Crippen molar-refractivity contribution in [3.63, 3.8) is 0 Å². The van der Waals surface area contributed by atoms with Crippen molar-refractivity contribution in [2.75, 3.05) is 5.32 Å². The van der Waals surface area contributed by atoms with Gasteiger partial charge in [-0.05, 0) is 23.6 Å². The lowest BCUT2D eigenvalue weighted by atomic mass is 9.95. The number of hydrogen-bond donors (Lipinski definition) is 2. The summed E-state index contributed by atoms with van der Waals surface area (Å²) in [6.45, 7) is 3.77. The summed E-state index contributed by atoms with van der Waals surface area (Å²) >= 11 is 0. The molecule has 1 unspecified atom stereocenters. The van der Waals surface area contributed by atoms with Crippen LogP contribution in [0.1, 0.15) is 31.0 Å². The Hall–Kier alpha value is -2.51. The Morgan fingerprint density at radius 1 is 1.12 bits per heavy atom. The lowest BCUT2D eigenvalue weighted by Crippen LogP contribution is -2.33. The lowest BCUT2D eigenvalue weighted by Gasteiger charge is -2.24. The molecule has 0 fully saturated rings. The van der Waals surface area contributed by atoms with Crippen LogP contribution in [0.25, 0.3) is 0 Å². The van der Waals surface area contributed by atoms with E-state index in [1.54, 1.807) is 0 Å². The Bertz CT molecular complexity index is 789. The maximum atomic E-state index is 12.7. The molecule has 0 amide bonds. The second-order valence-electron chi connectivity index (χ2n) is 5.87. The zero-order chi connectivity index (χ0) is 18.1. The summed E-state index contributed by atoms with van der Waals surface area (Å²) in [5.41, 5.74) is -1.15. The monoisotopic (exact) mass is 341 g/mol. The molecule has 1 atom stereocenters. The van der Waals surface area contributed by atoms with Crippen molar-refractivity contribution >= 4 is 5.82 Å². The maximum absolute atomic E-state index is 12.7. The Morgan fingerprint density at radius 2 is 1.71 bits per heavy atom. The molecule has 1 aromatic carbocycles. The molecule has 24 heavy (non-hydrogen) atoms. The van der Waals surface area contributed by atoms with Crippen LogP contribution in [0.5, 0.6) is 0 Å². The van der Waals surface area contributed by atoms with E-state index in [1.807, 2.05) is 13.8 Å². The minimum absolute atomic E-state index is 0.00861. The van der Waals surface area contributed by atoms with Crippen molar-refractivity contribution in [1.29, 1.82) is 0 Å². The van der Waals surface area contributed by atoms with Crippen LogP contribution in [-0.4, -0.2) is 9.55 Å². The number of benzene rings is 1. The van der Waals surface area contributed by atoms with Crippen LogP contribution in [-0.2, 0) is 13.2 Å². The largest absolute Gasteiger partial charge is 0.416 e. The molecule has 5 nitrogen and oxygen atoms in total. The Balaban J connectivity index is 2.34. The highest BCUT2D eigenvalue weighted by Gasteiger charge is 2.30. The van der Waals surface area contributed by atoms with Crippen LogP contribution in [0.15, 0.2) is 39.9 Å². The van der Waals surface area contributed by atoms with Crippen molar-refractivity contribution in [3.05, 3.63) is 62.3 Å². The predicted molar refractivity (Wildman–Crippen MR) is 84.9 cm³/mol. The molecule has 0 radical (unpaired) electrons. The van der Waals surface area contributed by atoms with Gasteiger partial charge in [0.1, 0.15) is 5.82 Å². The Labute approximate surface area is 136 Å². The zero-order valence-corrected chi connectivity index (χ0v) is 13.4. The normalized spacial score (nSPS) is 13.1. The van der Waals surface area contributed by atoms with E-state index < -0.39 is 23.0 Å². The van der Waals surface area contributed by atoms with Crippen molar-refractivity contribution in [1.82, 2.24) is 9.55 Å². The minimum atomic E-state index is -4.39. The van der Waals surface area contributed by atoms with Crippen LogP contribution in [0.3, 0.4) is 0 Å². The number of nitrogens with zero attached hydrogens (tertiary/aromatic N) is 1. The van der Waals surface area contributed by atoms with Crippen LogP contribution in [0.2, 0.25) is 0 Å². The molecule has 0 aliphatic rings. The van der Waals surface area contributed by atoms with Crippen LogP contribution in [0.4, 0.5) is 19.0 Å². The van der Waals surface area contributed by atoms with Gasteiger partial charge in [0, 0.05) is 13.1 Å². The van der Waals surface area contributed by atoms with Gasteiger partial charge in [-0.3, -0.25) is 14.3 Å². The molecule has 0 saturated heterocycles. The third-order valence-corrected chi connectivity index (χ3v) is 3.72. The van der Waals surface area contributed by atoms with Gasteiger partial charge in [0.15, 0.2) is 0 Å². The van der Waals surface area contributed by atoms with Gasteiger partial charge < -0.3 is 5.32 Å². The van der Waals surface area contributed by atoms with E-state index in [4.69, 9.17) is 0 Å². The average Bonchev–Trinajstić information content (AvgIpc) is 2.49. The highest BCUT2D eigenvalue weighted by Crippen LogP contribution is 2.31. The molecule has 2 aromatic rings. The summed E-state index contributed by atoms with van der Waals surface area (Å²) in [5.74, 6) is 0.232. The number of hydrogen-bond acceptors (Lipinski definition) is 3. The van der Waals surface area contributed by atoms with Gasteiger partial charge >= 0.3 is 11.9 Å². The SMILES string of the molecule is CC(C)C(Nc1cc(=O)n(C)c(=O)[nH]1)c1ccc(C(F)(F)F)cc1. The summed E-state index contributed by atoms with van der Waals surface area (Å²) in [6, 6.07) is 5.67. The number of H-pyrrole nitrogens is 1. The molecule has 2 N–H and O–H groups in total. The molecule has 0 bridgehead atoms. The number of aromatic amines is 1. The molecule has 0 aliphatic carbocycles. The fraction of sp³-hybridized carbons (Fsp3) is 0.375. The molecule has 8 heteroatoms. The van der Waals surface area contributed by atoms with Crippen molar-refractivity contribution in [3.8, 4) is 0 Å². The van der Waals surface area contributed by atoms with Crippen LogP contribution < -0.4 is 16.6 Å². The fourth-order valence-electron chi connectivity index (χ4n) is 2.32. The number of rotatable bonds is 4. The number of anilines is 1. The molecular formula is C16H18F3N3O2. The summed E-state index contributed by atoms with van der Waals surface area (Å²) in [4.78, 5) is 25.9. The minimum Gasteiger partial charge on any atom is -0.364 e. The van der Waals surface area contributed by atoms with Crippen molar-refractivity contribution < 1.29 is 13.2 Å². The highest BCUT2D eigenvalue weighted by atomic mass is 19.4. The topological polar surface area (TPSA) is 66.9 Å². The Kier molecular flexibility index (Phi) is 4.86. The van der Waals surface area contributed by atoms with Crippen LogP contribution >= 0.6 is 0 Å². The summed E-state index contributed by atoms with van der Waals surface area (Å²) in [5, 5.41) is 3.01. The van der Waals surface area contributed by atoms with E-state index in [1.165, 1.54) is 25.2 Å². The third-order valence-electron chi connectivity index (χ3n) is 3.72. The first kappa shape index (κ1) is 17.8.